The topological polar surface area (TPSA) is 46.6 Å². The van der Waals surface area contributed by atoms with Crippen molar-refractivity contribution in [2.45, 2.75) is 10.3 Å². The number of alkyl halides is 1. The molecule has 0 amide bonds. The number of methoxy groups -OCH3 is 1. The van der Waals surface area contributed by atoms with Crippen molar-refractivity contribution in [1.29, 1.82) is 0 Å². The molecule has 0 aliphatic carbocycles. The highest BCUT2D eigenvalue weighted by molar-refractivity contribution is 7.89. The summed E-state index contributed by atoms with van der Waals surface area (Å²) in [5.74, 6) is -1.83. The summed E-state index contributed by atoms with van der Waals surface area (Å²) in [5, 5.41) is -0.582. The van der Waals surface area contributed by atoms with Gasteiger partial charge in [0.25, 0.3) is 0 Å². The summed E-state index contributed by atoms with van der Waals surface area (Å²) < 4.78 is 56.3. The lowest BCUT2D eigenvalue weighted by atomic mass is 10.3. The van der Waals surface area contributed by atoms with Gasteiger partial charge in [-0.25, -0.2) is 17.2 Å². The number of hydrogen-bond acceptors (Lipinski definition) is 3. The second-order valence-electron chi connectivity index (χ2n) is 3.91. The molecule has 1 atom stereocenters. The summed E-state index contributed by atoms with van der Waals surface area (Å²) >= 11 is 5.84. The van der Waals surface area contributed by atoms with E-state index in [1.54, 1.807) is 0 Å². The monoisotopic (exact) mass is 313 g/mol. The van der Waals surface area contributed by atoms with Gasteiger partial charge >= 0.3 is 0 Å². The molecule has 1 aromatic carbocycles. The van der Waals surface area contributed by atoms with Crippen LogP contribution in [0.25, 0.3) is 0 Å². The maximum atomic E-state index is 13.5. The largest absolute Gasteiger partial charge is 0.383 e. The fourth-order valence-corrected chi connectivity index (χ4v) is 3.16. The zero-order valence-corrected chi connectivity index (χ0v) is 12.0. The van der Waals surface area contributed by atoms with E-state index in [1.165, 1.54) is 14.2 Å². The van der Waals surface area contributed by atoms with Gasteiger partial charge in [-0.1, -0.05) is 0 Å². The first kappa shape index (κ1) is 16.3. The molecule has 0 fully saturated rings. The Morgan fingerprint density at radius 3 is 2.63 bits per heavy atom. The van der Waals surface area contributed by atoms with Gasteiger partial charge in [0.1, 0.15) is 16.5 Å². The molecule has 0 N–H and O–H groups in total. The molecule has 19 heavy (non-hydrogen) atoms. The molecule has 0 bridgehead atoms. The summed E-state index contributed by atoms with van der Waals surface area (Å²) in [6.07, 6.45) is 0. The molecule has 0 heterocycles. The van der Waals surface area contributed by atoms with Crippen LogP contribution in [-0.4, -0.2) is 45.4 Å². The molecule has 4 nitrogen and oxygen atoms in total. The van der Waals surface area contributed by atoms with Gasteiger partial charge < -0.3 is 4.74 Å². The van der Waals surface area contributed by atoms with Crippen molar-refractivity contribution in [3.05, 3.63) is 29.8 Å². The molecular weight excluding hydrogens is 300 g/mol. The first-order valence-electron chi connectivity index (χ1n) is 5.33. The van der Waals surface area contributed by atoms with Crippen LogP contribution in [0.2, 0.25) is 0 Å². The van der Waals surface area contributed by atoms with Crippen LogP contribution < -0.4 is 0 Å². The van der Waals surface area contributed by atoms with Gasteiger partial charge in [-0.15, -0.1) is 11.6 Å². The van der Waals surface area contributed by atoms with Crippen LogP contribution in [0.3, 0.4) is 0 Å². The third-order valence-corrected chi connectivity index (χ3v) is 4.49. The molecule has 0 aliphatic heterocycles. The fourth-order valence-electron chi connectivity index (χ4n) is 1.45. The maximum absolute atomic E-state index is 13.5. The predicted molar refractivity (Wildman–Crippen MR) is 67.7 cm³/mol. The number of nitrogens with zero attached hydrogens (tertiary/aromatic N) is 1. The van der Waals surface area contributed by atoms with E-state index in [0.29, 0.717) is 6.07 Å². The number of sulfonamides is 1. The number of halogens is 3. The van der Waals surface area contributed by atoms with Crippen LogP contribution in [0.1, 0.15) is 0 Å². The van der Waals surface area contributed by atoms with Gasteiger partial charge in [-0.05, 0) is 18.2 Å². The molecule has 1 unspecified atom stereocenters. The van der Waals surface area contributed by atoms with Crippen molar-refractivity contribution in [3.8, 4) is 0 Å². The summed E-state index contributed by atoms with van der Waals surface area (Å²) in [6.45, 7) is 0.0702. The maximum Gasteiger partial charge on any atom is 0.245 e. The molecule has 0 aliphatic rings. The van der Waals surface area contributed by atoms with E-state index < -0.39 is 31.9 Å². The van der Waals surface area contributed by atoms with Crippen LogP contribution in [0.5, 0.6) is 0 Å². The van der Waals surface area contributed by atoms with Crippen LogP contribution >= 0.6 is 11.6 Å². The minimum absolute atomic E-state index is 0.0757. The van der Waals surface area contributed by atoms with Gasteiger partial charge in [-0.3, -0.25) is 0 Å². The van der Waals surface area contributed by atoms with Crippen LogP contribution in [0, 0.1) is 11.6 Å². The number of benzene rings is 1. The van der Waals surface area contributed by atoms with E-state index in [1.807, 2.05) is 0 Å². The molecule has 0 saturated carbocycles. The van der Waals surface area contributed by atoms with Gasteiger partial charge in [0.05, 0.1) is 12.0 Å². The Morgan fingerprint density at radius 1 is 1.42 bits per heavy atom. The zero-order chi connectivity index (χ0) is 14.6. The summed E-state index contributed by atoms with van der Waals surface area (Å²) in [7, 11) is -1.46. The van der Waals surface area contributed by atoms with Gasteiger partial charge in [0.15, 0.2) is 0 Å². The Labute approximate surface area is 116 Å². The molecular formula is C11H14ClF2NO3S. The Morgan fingerprint density at radius 2 is 2.05 bits per heavy atom. The standard InChI is InChI=1S/C11H14ClF2NO3S/c1-15(6-8(12)7-18-2)19(16,17)11-5-9(13)3-4-10(11)14/h3-5,8H,6-7H2,1-2H3. The lowest BCUT2D eigenvalue weighted by Gasteiger charge is -2.20. The third kappa shape index (κ3) is 4.10. The Balaban J connectivity index is 3.00. The molecule has 0 saturated heterocycles. The van der Waals surface area contributed by atoms with Gasteiger partial charge in [-0.2, -0.15) is 4.31 Å². The first-order chi connectivity index (χ1) is 8.78. The van der Waals surface area contributed by atoms with Gasteiger partial charge in [0.2, 0.25) is 10.0 Å². The smallest absolute Gasteiger partial charge is 0.245 e. The lowest BCUT2D eigenvalue weighted by molar-refractivity contribution is 0.192. The van der Waals surface area contributed by atoms with E-state index in [2.05, 4.69) is 0 Å². The van der Waals surface area contributed by atoms with Crippen molar-refractivity contribution in [1.82, 2.24) is 4.31 Å². The van der Waals surface area contributed by atoms with E-state index in [9.17, 15) is 17.2 Å². The number of ether oxygens (including phenoxy) is 1. The van der Waals surface area contributed by atoms with Crippen LogP contribution in [-0.2, 0) is 14.8 Å². The fraction of sp³-hybridized carbons (Fsp3) is 0.455. The highest BCUT2D eigenvalue weighted by atomic mass is 35.5. The predicted octanol–water partition coefficient (Wildman–Crippen LogP) is 1.84. The SMILES string of the molecule is COCC(Cl)CN(C)S(=O)(=O)c1cc(F)ccc1F. The van der Waals surface area contributed by atoms with Crippen molar-refractivity contribution in [2.75, 3.05) is 27.3 Å². The first-order valence-corrected chi connectivity index (χ1v) is 7.21. The lowest BCUT2D eigenvalue weighted by Crippen LogP contribution is -2.34. The molecule has 0 aromatic heterocycles. The van der Waals surface area contributed by atoms with Crippen LogP contribution in [0.15, 0.2) is 23.1 Å². The molecule has 0 radical (unpaired) electrons. The average Bonchev–Trinajstić information content (AvgIpc) is 2.32. The summed E-state index contributed by atoms with van der Waals surface area (Å²) in [5.41, 5.74) is 0. The highest BCUT2D eigenvalue weighted by Crippen LogP contribution is 2.20. The number of hydrogen-bond donors (Lipinski definition) is 0. The Hall–Kier alpha value is -0.760. The van der Waals surface area contributed by atoms with E-state index >= 15 is 0 Å². The van der Waals surface area contributed by atoms with Crippen LogP contribution in [0.4, 0.5) is 8.78 Å². The third-order valence-electron chi connectivity index (χ3n) is 2.38. The van der Waals surface area contributed by atoms with E-state index in [-0.39, 0.29) is 13.2 Å². The second kappa shape index (κ2) is 6.60. The molecule has 1 rings (SSSR count). The van der Waals surface area contributed by atoms with E-state index in [0.717, 1.165) is 16.4 Å². The van der Waals surface area contributed by atoms with Crippen molar-refractivity contribution >= 4 is 21.6 Å². The van der Waals surface area contributed by atoms with Gasteiger partial charge in [0, 0.05) is 20.7 Å². The minimum Gasteiger partial charge on any atom is -0.383 e. The molecule has 108 valence electrons. The Bertz CT molecular complexity index is 539. The molecule has 0 spiro atoms. The average molecular weight is 314 g/mol. The quantitative estimate of drug-likeness (QED) is 0.753. The normalized spacial score (nSPS) is 13.8. The van der Waals surface area contributed by atoms with Crippen molar-refractivity contribution < 1.29 is 21.9 Å². The summed E-state index contributed by atoms with van der Waals surface area (Å²) in [6, 6.07) is 2.26. The van der Waals surface area contributed by atoms with E-state index in [4.69, 9.17) is 16.3 Å². The van der Waals surface area contributed by atoms with Crippen molar-refractivity contribution in [2.24, 2.45) is 0 Å². The molecule has 1 aromatic rings. The zero-order valence-electron chi connectivity index (χ0n) is 10.4. The molecule has 8 heteroatoms. The minimum atomic E-state index is -4.13. The summed E-state index contributed by atoms with van der Waals surface area (Å²) in [4.78, 5) is -0.712. The number of rotatable bonds is 6. The highest BCUT2D eigenvalue weighted by Gasteiger charge is 2.26. The Kier molecular flexibility index (Phi) is 5.66. The second-order valence-corrected chi connectivity index (χ2v) is 6.54. The van der Waals surface area contributed by atoms with Crippen molar-refractivity contribution in [3.63, 3.8) is 0 Å².